The van der Waals surface area contributed by atoms with E-state index in [0.717, 1.165) is 38.1 Å². The van der Waals surface area contributed by atoms with E-state index in [4.69, 9.17) is 14.0 Å². The van der Waals surface area contributed by atoms with Gasteiger partial charge in [-0.15, -0.1) is 0 Å². The van der Waals surface area contributed by atoms with Crippen molar-refractivity contribution in [1.82, 2.24) is 10.1 Å². The van der Waals surface area contributed by atoms with Crippen LogP contribution in [0, 0.1) is 0 Å². The Balaban J connectivity index is 1.64. The first-order chi connectivity index (χ1) is 11.1. The van der Waals surface area contributed by atoms with Crippen LogP contribution in [0.1, 0.15) is 61.7 Å². The fourth-order valence-corrected chi connectivity index (χ4v) is 3.61. The zero-order chi connectivity index (χ0) is 16.4. The first kappa shape index (κ1) is 16.5. The number of methoxy groups -OCH3 is 1. The van der Waals surface area contributed by atoms with Crippen molar-refractivity contribution in [3.63, 3.8) is 0 Å². The fourth-order valence-electron chi connectivity index (χ4n) is 3.61. The Hall–Kier alpha value is -1.40. The number of carbonyl (C=O) groups is 1. The summed E-state index contributed by atoms with van der Waals surface area (Å²) in [6.45, 7) is 6.16. The van der Waals surface area contributed by atoms with Gasteiger partial charge in [-0.1, -0.05) is 19.0 Å². The number of hydrogen-bond donors (Lipinski definition) is 0. The lowest BCUT2D eigenvalue weighted by molar-refractivity contribution is -0.183. The summed E-state index contributed by atoms with van der Waals surface area (Å²) in [5, 5.41) is 3.93. The van der Waals surface area contributed by atoms with E-state index in [-0.39, 0.29) is 23.5 Å². The molecule has 3 rings (SSSR count). The Morgan fingerprint density at radius 1 is 1.43 bits per heavy atom. The van der Waals surface area contributed by atoms with Crippen LogP contribution in [0.25, 0.3) is 0 Å². The zero-order valence-electron chi connectivity index (χ0n) is 14.2. The largest absolute Gasteiger partial charge is 0.378 e. The van der Waals surface area contributed by atoms with E-state index in [9.17, 15) is 4.79 Å². The molecule has 1 aromatic rings. The lowest BCUT2D eigenvalue weighted by atomic mass is 9.82. The number of piperidine rings is 1. The lowest BCUT2D eigenvalue weighted by Gasteiger charge is -2.47. The van der Waals surface area contributed by atoms with Gasteiger partial charge in [-0.05, 0) is 25.7 Å². The molecule has 0 radical (unpaired) electrons. The van der Waals surface area contributed by atoms with Crippen LogP contribution in [0.2, 0.25) is 0 Å². The molecule has 1 unspecified atom stereocenters. The minimum Gasteiger partial charge on any atom is -0.378 e. The molecule has 2 saturated heterocycles. The number of aromatic nitrogens is 1. The van der Waals surface area contributed by atoms with Crippen LogP contribution in [-0.4, -0.2) is 54.5 Å². The Morgan fingerprint density at radius 3 is 2.78 bits per heavy atom. The topological polar surface area (TPSA) is 64.8 Å². The normalized spacial score (nSPS) is 24.3. The maximum Gasteiger partial charge on any atom is 0.276 e. The first-order valence-electron chi connectivity index (χ1n) is 8.48. The Labute approximate surface area is 137 Å². The molecule has 23 heavy (non-hydrogen) atoms. The molecule has 2 aliphatic rings. The van der Waals surface area contributed by atoms with Gasteiger partial charge < -0.3 is 18.9 Å². The molecule has 6 nitrogen and oxygen atoms in total. The average Bonchev–Trinajstić information content (AvgIpc) is 3.06. The van der Waals surface area contributed by atoms with E-state index >= 15 is 0 Å². The molecule has 1 atom stereocenters. The van der Waals surface area contributed by atoms with Gasteiger partial charge in [0.15, 0.2) is 5.69 Å². The molecular weight excluding hydrogens is 296 g/mol. The molecule has 1 spiro atoms. The van der Waals surface area contributed by atoms with E-state index in [1.165, 1.54) is 0 Å². The second-order valence-corrected chi connectivity index (χ2v) is 6.84. The standard InChI is InChI=1S/C17H26N2O4/c1-12(2)14-11-13(18-23-14)16(20)19-8-6-17(7-9-19)15(21-3)5-4-10-22-17/h11-12,15H,4-10H2,1-3H3. The molecule has 0 saturated carbocycles. The third kappa shape index (κ3) is 3.15. The summed E-state index contributed by atoms with van der Waals surface area (Å²) in [5.74, 6) is 0.920. The quantitative estimate of drug-likeness (QED) is 0.856. The Morgan fingerprint density at radius 2 is 2.17 bits per heavy atom. The summed E-state index contributed by atoms with van der Waals surface area (Å²) in [4.78, 5) is 14.4. The summed E-state index contributed by atoms with van der Waals surface area (Å²) in [6, 6.07) is 1.76. The van der Waals surface area contributed by atoms with Crippen molar-refractivity contribution in [2.75, 3.05) is 26.8 Å². The predicted octanol–water partition coefficient (Wildman–Crippen LogP) is 2.60. The van der Waals surface area contributed by atoms with Crippen molar-refractivity contribution in [1.29, 1.82) is 0 Å². The van der Waals surface area contributed by atoms with Crippen molar-refractivity contribution in [2.24, 2.45) is 0 Å². The van der Waals surface area contributed by atoms with Crippen LogP contribution in [-0.2, 0) is 9.47 Å². The molecule has 128 valence electrons. The number of nitrogens with zero attached hydrogens (tertiary/aromatic N) is 2. The van der Waals surface area contributed by atoms with E-state index < -0.39 is 0 Å². The summed E-state index contributed by atoms with van der Waals surface area (Å²) in [6.07, 6.45) is 3.83. The molecule has 1 aromatic heterocycles. The number of amides is 1. The predicted molar refractivity (Wildman–Crippen MR) is 84.4 cm³/mol. The first-order valence-corrected chi connectivity index (χ1v) is 8.48. The van der Waals surface area contributed by atoms with Gasteiger partial charge in [0, 0.05) is 38.8 Å². The molecular formula is C17H26N2O4. The molecule has 2 fully saturated rings. The van der Waals surface area contributed by atoms with Crippen molar-refractivity contribution in [2.45, 2.75) is 57.2 Å². The minimum atomic E-state index is -0.225. The third-order valence-electron chi connectivity index (χ3n) is 5.09. The molecule has 6 heteroatoms. The van der Waals surface area contributed by atoms with Crippen LogP contribution in [0.5, 0.6) is 0 Å². The fraction of sp³-hybridized carbons (Fsp3) is 0.765. The highest BCUT2D eigenvalue weighted by atomic mass is 16.5. The Bertz CT molecular complexity index is 547. The average molecular weight is 322 g/mol. The third-order valence-corrected chi connectivity index (χ3v) is 5.09. The van der Waals surface area contributed by atoms with Crippen molar-refractivity contribution in [3.05, 3.63) is 17.5 Å². The van der Waals surface area contributed by atoms with Crippen LogP contribution in [0.15, 0.2) is 10.6 Å². The maximum atomic E-state index is 12.6. The Kier molecular flexibility index (Phi) is 4.73. The maximum absolute atomic E-state index is 12.6. The lowest BCUT2D eigenvalue weighted by Crippen LogP contribution is -2.56. The van der Waals surface area contributed by atoms with Gasteiger partial charge in [0.25, 0.3) is 5.91 Å². The highest BCUT2D eigenvalue weighted by Crippen LogP contribution is 2.37. The van der Waals surface area contributed by atoms with Crippen molar-refractivity contribution >= 4 is 5.91 Å². The molecule has 0 aliphatic carbocycles. The van der Waals surface area contributed by atoms with Gasteiger partial charge in [-0.25, -0.2) is 0 Å². The van der Waals surface area contributed by atoms with Gasteiger partial charge in [-0.2, -0.15) is 0 Å². The number of rotatable bonds is 3. The number of carbonyl (C=O) groups excluding carboxylic acids is 1. The van der Waals surface area contributed by atoms with E-state index in [2.05, 4.69) is 5.16 Å². The van der Waals surface area contributed by atoms with Crippen LogP contribution < -0.4 is 0 Å². The van der Waals surface area contributed by atoms with Crippen LogP contribution in [0.4, 0.5) is 0 Å². The van der Waals surface area contributed by atoms with Gasteiger partial charge in [0.2, 0.25) is 0 Å². The van der Waals surface area contributed by atoms with Gasteiger partial charge in [-0.3, -0.25) is 4.79 Å². The zero-order valence-corrected chi connectivity index (χ0v) is 14.2. The second kappa shape index (κ2) is 6.61. The highest BCUT2D eigenvalue weighted by molar-refractivity contribution is 5.92. The summed E-state index contributed by atoms with van der Waals surface area (Å²) < 4.78 is 17.0. The van der Waals surface area contributed by atoms with Crippen molar-refractivity contribution in [3.8, 4) is 0 Å². The molecule has 1 amide bonds. The summed E-state index contributed by atoms with van der Waals surface area (Å²) in [7, 11) is 1.75. The summed E-state index contributed by atoms with van der Waals surface area (Å²) >= 11 is 0. The van der Waals surface area contributed by atoms with Crippen LogP contribution >= 0.6 is 0 Å². The highest BCUT2D eigenvalue weighted by Gasteiger charge is 2.45. The molecule has 0 aromatic carbocycles. The second-order valence-electron chi connectivity index (χ2n) is 6.84. The summed E-state index contributed by atoms with van der Waals surface area (Å²) in [5.41, 5.74) is 0.175. The van der Waals surface area contributed by atoms with Gasteiger partial charge >= 0.3 is 0 Å². The van der Waals surface area contributed by atoms with Crippen molar-refractivity contribution < 1.29 is 18.8 Å². The van der Waals surface area contributed by atoms with Gasteiger partial charge in [0.1, 0.15) is 5.76 Å². The number of likely N-dealkylation sites (tertiary alicyclic amines) is 1. The van der Waals surface area contributed by atoms with Gasteiger partial charge in [0.05, 0.1) is 11.7 Å². The molecule has 0 bridgehead atoms. The number of ether oxygens (including phenoxy) is 2. The monoisotopic (exact) mass is 322 g/mol. The number of hydrogen-bond acceptors (Lipinski definition) is 5. The van der Waals surface area contributed by atoms with Crippen LogP contribution in [0.3, 0.4) is 0 Å². The molecule has 0 N–H and O–H groups in total. The van der Waals surface area contributed by atoms with E-state index in [1.54, 1.807) is 13.2 Å². The minimum absolute atomic E-state index is 0.0553. The van der Waals surface area contributed by atoms with E-state index in [0.29, 0.717) is 18.8 Å². The smallest absolute Gasteiger partial charge is 0.276 e. The van der Waals surface area contributed by atoms with E-state index in [1.807, 2.05) is 18.7 Å². The molecule has 2 aliphatic heterocycles. The molecule has 3 heterocycles. The SMILES string of the molecule is COC1CCCOC12CCN(C(=O)c1cc(C(C)C)on1)CC2.